The lowest BCUT2D eigenvalue weighted by atomic mass is 10.2. The molecular formula is C17H15BrClN3O3S. The summed E-state index contributed by atoms with van der Waals surface area (Å²) in [5.41, 5.74) is 1.64. The first-order valence-electron chi connectivity index (χ1n) is 7.51. The molecule has 136 valence electrons. The predicted octanol–water partition coefficient (Wildman–Crippen LogP) is 3.78. The van der Waals surface area contributed by atoms with Crippen LogP contribution < -0.4 is 9.46 Å². The summed E-state index contributed by atoms with van der Waals surface area (Å²) in [6, 6.07) is 10.4. The Morgan fingerprint density at radius 1 is 1.31 bits per heavy atom. The van der Waals surface area contributed by atoms with Gasteiger partial charge in [-0.2, -0.15) is 0 Å². The molecule has 0 unspecified atom stereocenters. The number of hydrogen-bond donors (Lipinski definition) is 1. The molecule has 0 spiro atoms. The third kappa shape index (κ3) is 3.93. The van der Waals surface area contributed by atoms with Crippen LogP contribution in [-0.4, -0.2) is 25.1 Å². The van der Waals surface area contributed by atoms with E-state index in [1.807, 2.05) is 28.8 Å². The van der Waals surface area contributed by atoms with Crippen molar-refractivity contribution < 1.29 is 13.2 Å². The average Bonchev–Trinajstić information content (AvgIpc) is 3.14. The van der Waals surface area contributed by atoms with Crippen LogP contribution in [0.1, 0.15) is 5.56 Å². The van der Waals surface area contributed by atoms with Crippen LogP contribution in [0.2, 0.25) is 5.02 Å². The smallest absolute Gasteiger partial charge is 0.244 e. The molecule has 0 aliphatic heterocycles. The van der Waals surface area contributed by atoms with E-state index in [1.165, 1.54) is 13.2 Å². The second-order valence-corrected chi connectivity index (χ2v) is 8.37. The Hall–Kier alpha value is -1.87. The molecule has 0 atom stereocenters. The fourth-order valence-corrected chi connectivity index (χ4v) is 4.89. The van der Waals surface area contributed by atoms with E-state index in [9.17, 15) is 8.42 Å². The van der Waals surface area contributed by atoms with E-state index >= 15 is 0 Å². The van der Waals surface area contributed by atoms with Crippen molar-refractivity contribution >= 4 is 37.6 Å². The predicted molar refractivity (Wildman–Crippen MR) is 103 cm³/mol. The number of imidazole rings is 1. The first-order valence-corrected chi connectivity index (χ1v) is 10.2. The number of ether oxygens (including phenoxy) is 1. The van der Waals surface area contributed by atoms with E-state index in [4.69, 9.17) is 16.3 Å². The highest BCUT2D eigenvalue weighted by Crippen LogP contribution is 2.35. The number of methoxy groups -OCH3 is 1. The van der Waals surface area contributed by atoms with Crippen molar-refractivity contribution in [2.75, 3.05) is 7.11 Å². The summed E-state index contributed by atoms with van der Waals surface area (Å²) in [5.74, 6) is 0.199. The molecule has 0 fully saturated rings. The zero-order valence-corrected chi connectivity index (χ0v) is 16.8. The Kier molecular flexibility index (Phi) is 5.67. The number of benzene rings is 2. The van der Waals surface area contributed by atoms with Crippen LogP contribution in [-0.2, 0) is 16.6 Å². The lowest BCUT2D eigenvalue weighted by Gasteiger charge is -2.14. The summed E-state index contributed by atoms with van der Waals surface area (Å²) in [6.07, 6.45) is 5.12. The third-order valence-corrected chi connectivity index (χ3v) is 5.91. The van der Waals surface area contributed by atoms with Crippen LogP contribution >= 0.6 is 27.5 Å². The minimum Gasteiger partial charge on any atom is -0.494 e. The Bertz CT molecular complexity index is 1020. The van der Waals surface area contributed by atoms with Crippen molar-refractivity contribution in [2.24, 2.45) is 0 Å². The molecule has 1 N–H and O–H groups in total. The van der Waals surface area contributed by atoms with Crippen molar-refractivity contribution in [3.8, 4) is 11.4 Å². The summed E-state index contributed by atoms with van der Waals surface area (Å²) >= 11 is 9.28. The zero-order valence-electron chi connectivity index (χ0n) is 13.7. The van der Waals surface area contributed by atoms with Crippen molar-refractivity contribution in [3.05, 3.63) is 70.2 Å². The number of halogens is 2. The van der Waals surface area contributed by atoms with Crippen molar-refractivity contribution in [1.82, 2.24) is 14.3 Å². The summed E-state index contributed by atoms with van der Waals surface area (Å²) in [4.78, 5) is 4.00. The molecule has 1 heterocycles. The number of nitrogens with zero attached hydrogens (tertiary/aromatic N) is 2. The first kappa shape index (κ1) is 18.9. The molecule has 2 aromatic carbocycles. The average molecular weight is 457 g/mol. The monoisotopic (exact) mass is 455 g/mol. The fraction of sp³-hybridized carbons (Fsp3) is 0.118. The maximum Gasteiger partial charge on any atom is 0.244 e. The SMILES string of the molecule is COc1c(Br)cc(Cl)cc1S(=O)(=O)NCc1ccccc1-n1ccnc1. The molecular weight excluding hydrogens is 442 g/mol. The summed E-state index contributed by atoms with van der Waals surface area (Å²) in [6.45, 7) is 0.101. The number of sulfonamides is 1. The first-order chi connectivity index (χ1) is 12.4. The maximum atomic E-state index is 12.8. The Labute approximate surface area is 165 Å². The van der Waals surface area contributed by atoms with Gasteiger partial charge in [0.15, 0.2) is 5.75 Å². The van der Waals surface area contributed by atoms with Crippen LogP contribution in [0.25, 0.3) is 5.69 Å². The summed E-state index contributed by atoms with van der Waals surface area (Å²) in [7, 11) is -2.44. The van der Waals surface area contributed by atoms with Gasteiger partial charge in [0.2, 0.25) is 10.0 Å². The standard InChI is InChI=1S/C17H15BrClN3O3S/c1-25-17-14(18)8-13(19)9-16(17)26(23,24)21-10-12-4-2-3-5-15(12)22-7-6-20-11-22/h2-9,11,21H,10H2,1H3. The molecule has 0 amide bonds. The number of aromatic nitrogens is 2. The Balaban J connectivity index is 1.92. The molecule has 26 heavy (non-hydrogen) atoms. The minimum absolute atomic E-state index is 0.0283. The molecule has 0 radical (unpaired) electrons. The molecule has 0 saturated heterocycles. The van der Waals surface area contributed by atoms with Gasteiger partial charge in [0.05, 0.1) is 23.6 Å². The lowest BCUT2D eigenvalue weighted by Crippen LogP contribution is -2.24. The Morgan fingerprint density at radius 3 is 2.77 bits per heavy atom. The summed E-state index contributed by atoms with van der Waals surface area (Å²) in [5, 5.41) is 0.289. The number of nitrogens with one attached hydrogen (secondary N) is 1. The van der Waals surface area contributed by atoms with E-state index in [-0.39, 0.29) is 22.2 Å². The topological polar surface area (TPSA) is 73.2 Å². The molecule has 0 aliphatic carbocycles. The van der Waals surface area contributed by atoms with Crippen LogP contribution in [0.15, 0.2) is 64.5 Å². The third-order valence-electron chi connectivity index (χ3n) is 3.69. The van der Waals surface area contributed by atoms with Gasteiger partial charge in [-0.05, 0) is 39.7 Å². The Morgan fingerprint density at radius 2 is 2.08 bits per heavy atom. The normalized spacial score (nSPS) is 11.5. The molecule has 6 nitrogen and oxygen atoms in total. The van der Waals surface area contributed by atoms with E-state index in [1.54, 1.807) is 24.8 Å². The minimum atomic E-state index is -3.85. The van der Waals surface area contributed by atoms with E-state index in [2.05, 4.69) is 25.6 Å². The van der Waals surface area contributed by atoms with Crippen molar-refractivity contribution in [2.45, 2.75) is 11.4 Å². The van der Waals surface area contributed by atoms with Gasteiger partial charge in [0.25, 0.3) is 0 Å². The highest BCUT2D eigenvalue weighted by Gasteiger charge is 2.22. The van der Waals surface area contributed by atoms with Gasteiger partial charge in [-0.3, -0.25) is 0 Å². The van der Waals surface area contributed by atoms with Gasteiger partial charge >= 0.3 is 0 Å². The number of para-hydroxylation sites is 1. The molecule has 0 saturated carbocycles. The zero-order chi connectivity index (χ0) is 18.7. The van der Waals surface area contributed by atoms with Crippen molar-refractivity contribution in [3.63, 3.8) is 0 Å². The maximum absolute atomic E-state index is 12.8. The van der Waals surface area contributed by atoms with Crippen LogP contribution in [0.3, 0.4) is 0 Å². The van der Waals surface area contributed by atoms with Gasteiger partial charge in [-0.15, -0.1) is 0 Å². The molecule has 3 rings (SSSR count). The summed E-state index contributed by atoms with van der Waals surface area (Å²) < 4.78 is 35.7. The van der Waals surface area contributed by atoms with E-state index in [0.717, 1.165) is 11.3 Å². The second-order valence-electron chi connectivity index (χ2n) is 5.34. The number of rotatable bonds is 6. The van der Waals surface area contributed by atoms with Crippen LogP contribution in [0.5, 0.6) is 5.75 Å². The highest BCUT2D eigenvalue weighted by atomic mass is 79.9. The van der Waals surface area contributed by atoms with Gasteiger partial charge in [-0.1, -0.05) is 29.8 Å². The largest absolute Gasteiger partial charge is 0.494 e. The molecule has 1 aromatic heterocycles. The van der Waals surface area contributed by atoms with Gasteiger partial charge < -0.3 is 9.30 Å². The molecule has 0 aliphatic rings. The van der Waals surface area contributed by atoms with E-state index in [0.29, 0.717) is 4.47 Å². The van der Waals surface area contributed by atoms with Gasteiger partial charge in [-0.25, -0.2) is 18.1 Å². The van der Waals surface area contributed by atoms with Gasteiger partial charge in [0, 0.05) is 24.0 Å². The lowest BCUT2D eigenvalue weighted by molar-refractivity contribution is 0.399. The molecule has 0 bridgehead atoms. The van der Waals surface area contributed by atoms with Crippen LogP contribution in [0, 0.1) is 0 Å². The van der Waals surface area contributed by atoms with Crippen LogP contribution in [0.4, 0.5) is 0 Å². The second kappa shape index (κ2) is 7.79. The highest BCUT2D eigenvalue weighted by molar-refractivity contribution is 9.10. The quantitative estimate of drug-likeness (QED) is 0.613. The number of hydrogen-bond acceptors (Lipinski definition) is 4. The van der Waals surface area contributed by atoms with Crippen molar-refractivity contribution in [1.29, 1.82) is 0 Å². The molecule has 3 aromatic rings. The van der Waals surface area contributed by atoms with E-state index < -0.39 is 10.0 Å². The fourth-order valence-electron chi connectivity index (χ4n) is 2.50. The van der Waals surface area contributed by atoms with Gasteiger partial charge in [0.1, 0.15) is 4.90 Å². The molecule has 9 heteroatoms.